The summed E-state index contributed by atoms with van der Waals surface area (Å²) >= 11 is 0. The molecule has 0 fully saturated rings. The molecule has 0 heterocycles. The van der Waals surface area contributed by atoms with E-state index in [2.05, 4.69) is 0 Å². The number of carbonyl (C=O) groups is 1. The van der Waals surface area contributed by atoms with E-state index in [1.54, 1.807) is 6.92 Å². The Labute approximate surface area is 67.0 Å². The third-order valence-corrected chi connectivity index (χ3v) is 1.88. The van der Waals surface area contributed by atoms with Gasteiger partial charge in [-0.05, 0) is 19.8 Å². The van der Waals surface area contributed by atoms with E-state index < -0.39 is 6.10 Å². The van der Waals surface area contributed by atoms with Gasteiger partial charge in [-0.2, -0.15) is 0 Å². The average Bonchev–Trinajstić information content (AvgIpc) is 1.98. The van der Waals surface area contributed by atoms with Gasteiger partial charge in [0.25, 0.3) is 0 Å². The first-order valence-corrected chi connectivity index (χ1v) is 3.89. The van der Waals surface area contributed by atoms with Crippen LogP contribution in [-0.4, -0.2) is 28.7 Å². The molecule has 11 heavy (non-hydrogen) atoms. The molecule has 0 radical (unpaired) electrons. The lowest BCUT2D eigenvalue weighted by Crippen LogP contribution is -2.23. The van der Waals surface area contributed by atoms with Crippen LogP contribution in [0.4, 0.5) is 0 Å². The summed E-state index contributed by atoms with van der Waals surface area (Å²) < 4.78 is 0. The van der Waals surface area contributed by atoms with Crippen LogP contribution in [-0.2, 0) is 4.79 Å². The molecule has 2 N–H and O–H groups in total. The van der Waals surface area contributed by atoms with Crippen LogP contribution in [0.2, 0.25) is 0 Å². The number of Topliss-reactive ketones (excluding diaryl/α,β-unsaturated/α-hetero) is 1. The molecule has 0 saturated heterocycles. The highest BCUT2D eigenvalue weighted by molar-refractivity contribution is 5.78. The summed E-state index contributed by atoms with van der Waals surface area (Å²) in [6.45, 7) is 3.24. The summed E-state index contributed by atoms with van der Waals surface area (Å²) in [5.74, 6) is -0.308. The molecule has 2 atom stereocenters. The number of aliphatic hydroxyl groups is 2. The van der Waals surface area contributed by atoms with Crippen molar-refractivity contribution in [2.24, 2.45) is 5.92 Å². The van der Waals surface area contributed by atoms with Crippen molar-refractivity contribution in [2.75, 3.05) is 6.61 Å². The van der Waals surface area contributed by atoms with Gasteiger partial charge in [0.2, 0.25) is 0 Å². The van der Waals surface area contributed by atoms with E-state index in [0.29, 0.717) is 12.8 Å². The number of hydrogen-bond acceptors (Lipinski definition) is 3. The zero-order chi connectivity index (χ0) is 8.85. The van der Waals surface area contributed by atoms with Gasteiger partial charge in [-0.15, -0.1) is 0 Å². The summed E-state index contributed by atoms with van der Waals surface area (Å²) in [4.78, 5) is 10.7. The van der Waals surface area contributed by atoms with E-state index in [1.807, 2.05) is 0 Å². The predicted octanol–water partition coefficient (Wildman–Crippen LogP) is 0.345. The third-order valence-electron chi connectivity index (χ3n) is 1.88. The van der Waals surface area contributed by atoms with Gasteiger partial charge >= 0.3 is 0 Å². The molecule has 0 aliphatic heterocycles. The minimum Gasteiger partial charge on any atom is -0.396 e. The van der Waals surface area contributed by atoms with Gasteiger partial charge in [-0.25, -0.2) is 0 Å². The summed E-state index contributed by atoms with van der Waals surface area (Å²) in [5, 5.41) is 17.7. The molecule has 0 aromatic heterocycles. The van der Waals surface area contributed by atoms with E-state index in [1.165, 1.54) is 6.92 Å². The van der Waals surface area contributed by atoms with Gasteiger partial charge < -0.3 is 10.2 Å². The van der Waals surface area contributed by atoms with Crippen molar-refractivity contribution in [3.8, 4) is 0 Å². The van der Waals surface area contributed by atoms with Crippen LogP contribution in [0.1, 0.15) is 26.7 Å². The molecule has 0 spiro atoms. The summed E-state index contributed by atoms with van der Waals surface area (Å²) in [6.07, 6.45) is 0.454. The minimum atomic E-state index is -0.598. The number of rotatable bonds is 5. The Morgan fingerprint density at radius 2 is 2.09 bits per heavy atom. The number of ketones is 1. The molecular weight excluding hydrogens is 144 g/mol. The zero-order valence-corrected chi connectivity index (χ0v) is 7.08. The lowest BCUT2D eigenvalue weighted by molar-refractivity contribution is -0.123. The molecule has 0 amide bonds. The largest absolute Gasteiger partial charge is 0.396 e. The van der Waals surface area contributed by atoms with Crippen LogP contribution in [0, 0.1) is 5.92 Å². The Hall–Kier alpha value is -0.410. The van der Waals surface area contributed by atoms with E-state index >= 15 is 0 Å². The SMILES string of the molecule is CC(=O)[C@@H](C)[C@@H](O)CCCO. The molecule has 0 aliphatic rings. The predicted molar refractivity (Wildman–Crippen MR) is 42.2 cm³/mol. The summed E-state index contributed by atoms with van der Waals surface area (Å²) in [5.41, 5.74) is 0. The standard InChI is InChI=1S/C8H16O3/c1-6(7(2)10)8(11)4-3-5-9/h6,8-9,11H,3-5H2,1-2H3/t6-,8+/m1/s1. The van der Waals surface area contributed by atoms with E-state index in [0.717, 1.165) is 0 Å². The molecule has 0 saturated carbocycles. The molecule has 66 valence electrons. The average molecular weight is 160 g/mol. The van der Waals surface area contributed by atoms with Crippen molar-refractivity contribution >= 4 is 5.78 Å². The molecule has 0 aromatic rings. The maximum Gasteiger partial charge on any atom is 0.135 e. The topological polar surface area (TPSA) is 57.5 Å². The van der Waals surface area contributed by atoms with Gasteiger partial charge in [0.1, 0.15) is 5.78 Å². The lowest BCUT2D eigenvalue weighted by atomic mass is 9.97. The van der Waals surface area contributed by atoms with Gasteiger partial charge in [-0.1, -0.05) is 6.92 Å². The first-order chi connectivity index (χ1) is 5.09. The van der Waals surface area contributed by atoms with Crippen molar-refractivity contribution in [3.05, 3.63) is 0 Å². The number of hydrogen-bond donors (Lipinski definition) is 2. The van der Waals surface area contributed by atoms with E-state index in [-0.39, 0.29) is 18.3 Å². The molecule has 0 bridgehead atoms. The smallest absolute Gasteiger partial charge is 0.135 e. The van der Waals surface area contributed by atoms with Gasteiger partial charge in [0, 0.05) is 12.5 Å². The molecule has 3 nitrogen and oxygen atoms in total. The molecular formula is C8H16O3. The first-order valence-electron chi connectivity index (χ1n) is 3.89. The van der Waals surface area contributed by atoms with Crippen molar-refractivity contribution in [3.63, 3.8) is 0 Å². The van der Waals surface area contributed by atoms with Crippen molar-refractivity contribution < 1.29 is 15.0 Å². The number of carbonyl (C=O) groups excluding carboxylic acids is 1. The van der Waals surface area contributed by atoms with Crippen molar-refractivity contribution in [2.45, 2.75) is 32.8 Å². The maximum absolute atomic E-state index is 10.7. The molecule has 3 heteroatoms. The fourth-order valence-electron chi connectivity index (χ4n) is 0.821. The van der Waals surface area contributed by atoms with Crippen LogP contribution in [0.3, 0.4) is 0 Å². The van der Waals surface area contributed by atoms with Gasteiger partial charge in [-0.3, -0.25) is 4.79 Å². The Morgan fingerprint density at radius 3 is 2.45 bits per heavy atom. The third kappa shape index (κ3) is 4.11. The lowest BCUT2D eigenvalue weighted by Gasteiger charge is -2.14. The molecule has 0 aliphatic carbocycles. The van der Waals surface area contributed by atoms with Crippen molar-refractivity contribution in [1.29, 1.82) is 0 Å². The van der Waals surface area contributed by atoms with Gasteiger partial charge in [0.15, 0.2) is 0 Å². The Bertz CT molecular complexity index is 123. The highest BCUT2D eigenvalue weighted by atomic mass is 16.3. The Morgan fingerprint density at radius 1 is 1.55 bits per heavy atom. The normalized spacial score (nSPS) is 16.0. The van der Waals surface area contributed by atoms with Crippen LogP contribution in [0.25, 0.3) is 0 Å². The quantitative estimate of drug-likeness (QED) is 0.610. The Kier molecular flexibility index (Phi) is 5.07. The molecule has 0 rings (SSSR count). The second-order valence-corrected chi connectivity index (χ2v) is 2.83. The van der Waals surface area contributed by atoms with Crippen molar-refractivity contribution in [1.82, 2.24) is 0 Å². The fourth-order valence-corrected chi connectivity index (χ4v) is 0.821. The highest BCUT2D eigenvalue weighted by Gasteiger charge is 2.17. The van der Waals surface area contributed by atoms with Crippen LogP contribution < -0.4 is 0 Å². The van der Waals surface area contributed by atoms with Crippen LogP contribution in [0.5, 0.6) is 0 Å². The van der Waals surface area contributed by atoms with Crippen LogP contribution >= 0.6 is 0 Å². The van der Waals surface area contributed by atoms with E-state index in [9.17, 15) is 9.90 Å². The second-order valence-electron chi connectivity index (χ2n) is 2.83. The zero-order valence-electron chi connectivity index (χ0n) is 7.08. The second kappa shape index (κ2) is 5.27. The summed E-state index contributed by atoms with van der Waals surface area (Å²) in [7, 11) is 0. The number of aliphatic hydroxyl groups excluding tert-OH is 2. The highest BCUT2D eigenvalue weighted by Crippen LogP contribution is 2.09. The molecule has 0 unspecified atom stereocenters. The fraction of sp³-hybridized carbons (Fsp3) is 0.875. The monoisotopic (exact) mass is 160 g/mol. The van der Waals surface area contributed by atoms with Crippen LogP contribution in [0.15, 0.2) is 0 Å². The first kappa shape index (κ1) is 10.6. The maximum atomic E-state index is 10.7. The minimum absolute atomic E-state index is 0.00422. The Balaban J connectivity index is 3.63. The summed E-state index contributed by atoms with van der Waals surface area (Å²) in [6, 6.07) is 0. The van der Waals surface area contributed by atoms with Gasteiger partial charge in [0.05, 0.1) is 6.10 Å². The van der Waals surface area contributed by atoms with E-state index in [4.69, 9.17) is 5.11 Å². The molecule has 0 aromatic carbocycles.